The first-order chi connectivity index (χ1) is 11.0. The van der Waals surface area contributed by atoms with Crippen molar-refractivity contribution in [3.8, 4) is 17.2 Å². The molecule has 23 heavy (non-hydrogen) atoms. The van der Waals surface area contributed by atoms with E-state index in [1.165, 1.54) is 11.1 Å². The summed E-state index contributed by atoms with van der Waals surface area (Å²) < 4.78 is 16.8. The van der Waals surface area contributed by atoms with Gasteiger partial charge in [-0.05, 0) is 49.2 Å². The minimum absolute atomic E-state index is 0.272. The lowest BCUT2D eigenvalue weighted by Crippen LogP contribution is -2.15. The number of methoxy groups -OCH3 is 1. The highest BCUT2D eigenvalue weighted by Gasteiger charge is 2.12. The predicted octanol–water partition coefficient (Wildman–Crippen LogP) is 3.40. The van der Waals surface area contributed by atoms with E-state index in [0.717, 1.165) is 5.75 Å². The second kappa shape index (κ2) is 7.83. The fourth-order valence-electron chi connectivity index (χ4n) is 2.34. The second-order valence-electron chi connectivity index (χ2n) is 5.22. The van der Waals surface area contributed by atoms with Crippen molar-refractivity contribution in [2.75, 3.05) is 20.3 Å². The lowest BCUT2D eigenvalue weighted by molar-refractivity contribution is 0.211. The summed E-state index contributed by atoms with van der Waals surface area (Å²) in [6.45, 7) is 4.86. The van der Waals surface area contributed by atoms with Gasteiger partial charge in [-0.1, -0.05) is 24.4 Å². The predicted molar refractivity (Wildman–Crippen MR) is 95.8 cm³/mol. The Balaban J connectivity index is 2.00. The van der Waals surface area contributed by atoms with E-state index in [-0.39, 0.29) is 4.99 Å². The fourth-order valence-corrected chi connectivity index (χ4v) is 2.50. The molecule has 0 aliphatic heterocycles. The Kier molecular flexibility index (Phi) is 5.82. The van der Waals surface area contributed by atoms with Gasteiger partial charge in [0.05, 0.1) is 12.7 Å². The van der Waals surface area contributed by atoms with Crippen LogP contribution in [0.15, 0.2) is 36.4 Å². The Labute approximate surface area is 142 Å². The van der Waals surface area contributed by atoms with Gasteiger partial charge < -0.3 is 19.9 Å². The number of nitrogens with two attached hydrogens (primary N) is 1. The highest BCUT2D eigenvalue weighted by Crippen LogP contribution is 2.31. The molecule has 2 N–H and O–H groups in total. The molecule has 2 aromatic carbocycles. The van der Waals surface area contributed by atoms with Gasteiger partial charge >= 0.3 is 0 Å². The highest BCUT2D eigenvalue weighted by molar-refractivity contribution is 7.80. The van der Waals surface area contributed by atoms with Crippen LogP contribution in [0.2, 0.25) is 0 Å². The molecule has 0 radical (unpaired) electrons. The molecule has 4 nitrogen and oxygen atoms in total. The zero-order chi connectivity index (χ0) is 16.8. The molecule has 0 atom stereocenters. The topological polar surface area (TPSA) is 53.7 Å². The zero-order valence-corrected chi connectivity index (χ0v) is 14.4. The van der Waals surface area contributed by atoms with Crippen LogP contribution in [0.1, 0.15) is 16.7 Å². The number of ether oxygens (including phenoxy) is 3. The molecule has 0 aliphatic carbocycles. The molecular formula is C18H21NO3S. The maximum atomic E-state index is 5.79. The Morgan fingerprint density at radius 2 is 1.70 bits per heavy atom. The van der Waals surface area contributed by atoms with Gasteiger partial charge in [-0.3, -0.25) is 0 Å². The van der Waals surface area contributed by atoms with Gasteiger partial charge in [-0.2, -0.15) is 0 Å². The van der Waals surface area contributed by atoms with Gasteiger partial charge in [0.25, 0.3) is 0 Å². The van der Waals surface area contributed by atoms with E-state index in [1.54, 1.807) is 7.11 Å². The average Bonchev–Trinajstić information content (AvgIpc) is 2.50. The van der Waals surface area contributed by atoms with E-state index in [0.29, 0.717) is 30.3 Å². The maximum Gasteiger partial charge on any atom is 0.171 e. The van der Waals surface area contributed by atoms with Gasteiger partial charge in [-0.25, -0.2) is 0 Å². The van der Waals surface area contributed by atoms with Crippen molar-refractivity contribution in [2.24, 2.45) is 5.73 Å². The number of hydrogen-bond acceptors (Lipinski definition) is 4. The quantitative estimate of drug-likeness (QED) is 0.622. The van der Waals surface area contributed by atoms with Crippen molar-refractivity contribution in [1.82, 2.24) is 0 Å². The van der Waals surface area contributed by atoms with Crippen LogP contribution in [0.25, 0.3) is 0 Å². The molecule has 2 rings (SSSR count). The van der Waals surface area contributed by atoms with Gasteiger partial charge in [0.15, 0.2) is 11.5 Å². The third-order valence-corrected chi connectivity index (χ3v) is 3.48. The molecule has 0 saturated carbocycles. The second-order valence-corrected chi connectivity index (χ2v) is 5.66. The number of para-hydroxylation sites is 1. The van der Waals surface area contributed by atoms with Crippen LogP contribution in [0.3, 0.4) is 0 Å². The summed E-state index contributed by atoms with van der Waals surface area (Å²) in [7, 11) is 1.58. The number of hydrogen-bond donors (Lipinski definition) is 1. The molecule has 5 heteroatoms. The minimum atomic E-state index is 0.272. The lowest BCUT2D eigenvalue weighted by Gasteiger charge is -2.15. The van der Waals surface area contributed by atoms with Crippen molar-refractivity contribution in [2.45, 2.75) is 13.8 Å². The van der Waals surface area contributed by atoms with Crippen molar-refractivity contribution in [3.05, 3.63) is 53.1 Å². The smallest absolute Gasteiger partial charge is 0.171 e. The van der Waals surface area contributed by atoms with Crippen LogP contribution in [0.4, 0.5) is 0 Å². The largest absolute Gasteiger partial charge is 0.493 e. The third-order valence-electron chi connectivity index (χ3n) is 3.26. The molecule has 0 aromatic heterocycles. The standard InChI is InChI=1S/C18H21NO3S/c1-12-9-13(2)11-14(10-12)21-7-8-22-17-15(18(19)23)5-4-6-16(17)20-3/h4-6,9-11H,7-8H2,1-3H3,(H2,19,23). The summed E-state index contributed by atoms with van der Waals surface area (Å²) in [5.74, 6) is 1.98. The monoisotopic (exact) mass is 331 g/mol. The molecule has 122 valence electrons. The van der Waals surface area contributed by atoms with Crippen molar-refractivity contribution >= 4 is 17.2 Å². The molecule has 0 saturated heterocycles. The highest BCUT2D eigenvalue weighted by atomic mass is 32.1. The Hall–Kier alpha value is -2.27. The number of aryl methyl sites for hydroxylation is 2. The Morgan fingerprint density at radius 3 is 2.30 bits per heavy atom. The Bertz CT molecular complexity index is 680. The van der Waals surface area contributed by atoms with E-state index in [1.807, 2.05) is 44.2 Å². The molecule has 0 unspecified atom stereocenters. The summed E-state index contributed by atoms with van der Waals surface area (Å²) in [5, 5.41) is 0. The molecule has 0 fully saturated rings. The van der Waals surface area contributed by atoms with E-state index < -0.39 is 0 Å². The van der Waals surface area contributed by atoms with Gasteiger partial charge in [0.2, 0.25) is 0 Å². The van der Waals surface area contributed by atoms with Crippen LogP contribution in [-0.2, 0) is 0 Å². The van der Waals surface area contributed by atoms with Gasteiger partial charge in [0.1, 0.15) is 24.0 Å². The number of benzene rings is 2. The molecule has 0 bridgehead atoms. The number of rotatable bonds is 7. The van der Waals surface area contributed by atoms with E-state index in [4.69, 9.17) is 32.2 Å². The van der Waals surface area contributed by atoms with Crippen LogP contribution < -0.4 is 19.9 Å². The van der Waals surface area contributed by atoms with Gasteiger partial charge in [-0.15, -0.1) is 0 Å². The van der Waals surface area contributed by atoms with E-state index in [2.05, 4.69) is 6.07 Å². The third kappa shape index (κ3) is 4.60. The summed E-state index contributed by atoms with van der Waals surface area (Å²) in [5.41, 5.74) is 8.73. The van der Waals surface area contributed by atoms with E-state index in [9.17, 15) is 0 Å². The molecular weight excluding hydrogens is 310 g/mol. The van der Waals surface area contributed by atoms with Crippen LogP contribution in [0, 0.1) is 13.8 Å². The molecule has 0 heterocycles. The van der Waals surface area contributed by atoms with E-state index >= 15 is 0 Å². The molecule has 0 amide bonds. The van der Waals surface area contributed by atoms with Crippen molar-refractivity contribution < 1.29 is 14.2 Å². The zero-order valence-electron chi connectivity index (χ0n) is 13.6. The first-order valence-corrected chi connectivity index (χ1v) is 7.73. The lowest BCUT2D eigenvalue weighted by atomic mass is 10.1. The van der Waals surface area contributed by atoms with Gasteiger partial charge in [0, 0.05) is 0 Å². The minimum Gasteiger partial charge on any atom is -0.493 e. The van der Waals surface area contributed by atoms with Crippen LogP contribution >= 0.6 is 12.2 Å². The first-order valence-electron chi connectivity index (χ1n) is 7.32. The Morgan fingerprint density at radius 1 is 1.04 bits per heavy atom. The summed E-state index contributed by atoms with van der Waals surface area (Å²) in [6.07, 6.45) is 0. The van der Waals surface area contributed by atoms with Crippen LogP contribution in [-0.4, -0.2) is 25.3 Å². The summed E-state index contributed by atoms with van der Waals surface area (Å²) in [4.78, 5) is 0.272. The normalized spacial score (nSPS) is 10.2. The van der Waals surface area contributed by atoms with Crippen molar-refractivity contribution in [1.29, 1.82) is 0 Å². The fraction of sp³-hybridized carbons (Fsp3) is 0.278. The summed E-state index contributed by atoms with van der Waals surface area (Å²) in [6, 6.07) is 11.5. The molecule has 0 spiro atoms. The molecule has 2 aromatic rings. The average molecular weight is 331 g/mol. The summed E-state index contributed by atoms with van der Waals surface area (Å²) >= 11 is 5.05. The van der Waals surface area contributed by atoms with Crippen LogP contribution in [0.5, 0.6) is 17.2 Å². The maximum absolute atomic E-state index is 5.79. The van der Waals surface area contributed by atoms with Crippen molar-refractivity contribution in [3.63, 3.8) is 0 Å². The number of thiocarbonyl (C=S) groups is 1. The SMILES string of the molecule is COc1cccc(C(N)=S)c1OCCOc1cc(C)cc(C)c1. The molecule has 0 aliphatic rings. The first kappa shape index (κ1) is 17.1.